The summed E-state index contributed by atoms with van der Waals surface area (Å²) in [5.74, 6) is 2.25. The molecule has 1 rings (SSSR count). The molecule has 1 saturated carbocycles. The van der Waals surface area contributed by atoms with Gasteiger partial charge in [-0.05, 0) is 32.6 Å². The van der Waals surface area contributed by atoms with Crippen LogP contribution in [-0.4, -0.2) is 21.3 Å². The standard InChI is InChI=1S/C9H19NOS/c1-9(2,10)7-12(11)6-8-4-3-5-8/h8H,3-7,10H2,1-2H3. The van der Waals surface area contributed by atoms with Crippen LogP contribution in [0.5, 0.6) is 0 Å². The Morgan fingerprint density at radius 3 is 2.42 bits per heavy atom. The molecule has 1 aliphatic carbocycles. The second kappa shape index (κ2) is 3.88. The molecule has 0 heterocycles. The Bertz CT molecular complexity index is 170. The summed E-state index contributed by atoms with van der Waals surface area (Å²) in [7, 11) is -0.693. The zero-order valence-corrected chi connectivity index (χ0v) is 8.82. The summed E-state index contributed by atoms with van der Waals surface area (Å²) in [6, 6.07) is 0. The van der Waals surface area contributed by atoms with E-state index in [9.17, 15) is 4.21 Å². The zero-order chi connectivity index (χ0) is 9.19. The van der Waals surface area contributed by atoms with E-state index in [2.05, 4.69) is 0 Å². The van der Waals surface area contributed by atoms with Crippen molar-refractivity contribution in [2.45, 2.75) is 38.6 Å². The van der Waals surface area contributed by atoms with Gasteiger partial charge in [0.1, 0.15) is 0 Å². The van der Waals surface area contributed by atoms with E-state index >= 15 is 0 Å². The quantitative estimate of drug-likeness (QED) is 0.724. The van der Waals surface area contributed by atoms with Crippen molar-refractivity contribution in [1.29, 1.82) is 0 Å². The molecule has 1 atom stereocenters. The highest BCUT2D eigenvalue weighted by Crippen LogP contribution is 2.27. The number of hydrogen-bond donors (Lipinski definition) is 1. The predicted octanol–water partition coefficient (Wildman–Crippen LogP) is 1.27. The Morgan fingerprint density at radius 2 is 2.08 bits per heavy atom. The van der Waals surface area contributed by atoms with Crippen molar-refractivity contribution in [3.63, 3.8) is 0 Å². The van der Waals surface area contributed by atoms with E-state index in [1.54, 1.807) is 0 Å². The largest absolute Gasteiger partial charge is 0.325 e. The van der Waals surface area contributed by atoms with Gasteiger partial charge in [0.2, 0.25) is 0 Å². The van der Waals surface area contributed by atoms with Crippen LogP contribution in [-0.2, 0) is 10.8 Å². The molecule has 0 aromatic heterocycles. The summed E-state index contributed by atoms with van der Waals surface area (Å²) in [6.07, 6.45) is 3.88. The van der Waals surface area contributed by atoms with E-state index < -0.39 is 10.8 Å². The molecule has 3 heteroatoms. The summed E-state index contributed by atoms with van der Waals surface area (Å²) in [5, 5.41) is 0. The maximum Gasteiger partial charge on any atom is 0.0410 e. The SMILES string of the molecule is CC(C)(N)CS(=O)CC1CCC1. The van der Waals surface area contributed by atoms with E-state index in [4.69, 9.17) is 5.73 Å². The molecule has 12 heavy (non-hydrogen) atoms. The molecule has 0 aromatic rings. The molecule has 0 radical (unpaired) electrons. The minimum absolute atomic E-state index is 0.269. The van der Waals surface area contributed by atoms with Crippen LogP contribution in [0.15, 0.2) is 0 Å². The van der Waals surface area contributed by atoms with Crippen molar-refractivity contribution in [1.82, 2.24) is 0 Å². The van der Waals surface area contributed by atoms with Gasteiger partial charge >= 0.3 is 0 Å². The van der Waals surface area contributed by atoms with Crippen LogP contribution in [0.4, 0.5) is 0 Å². The van der Waals surface area contributed by atoms with Crippen LogP contribution >= 0.6 is 0 Å². The molecular weight excluding hydrogens is 170 g/mol. The van der Waals surface area contributed by atoms with Crippen LogP contribution in [0.2, 0.25) is 0 Å². The fraction of sp³-hybridized carbons (Fsp3) is 1.00. The van der Waals surface area contributed by atoms with E-state index in [1.807, 2.05) is 13.8 Å². The fourth-order valence-corrected chi connectivity index (χ4v) is 3.20. The first-order valence-corrected chi connectivity index (χ1v) is 6.10. The van der Waals surface area contributed by atoms with E-state index in [1.165, 1.54) is 19.3 Å². The van der Waals surface area contributed by atoms with E-state index in [0.29, 0.717) is 5.75 Å². The van der Waals surface area contributed by atoms with Gasteiger partial charge in [0.15, 0.2) is 0 Å². The lowest BCUT2D eigenvalue weighted by Gasteiger charge is -2.26. The van der Waals surface area contributed by atoms with Gasteiger partial charge in [0, 0.05) is 27.8 Å². The molecule has 1 unspecified atom stereocenters. The van der Waals surface area contributed by atoms with Gasteiger partial charge in [-0.3, -0.25) is 4.21 Å². The third kappa shape index (κ3) is 3.68. The van der Waals surface area contributed by atoms with Gasteiger partial charge in [0.25, 0.3) is 0 Å². The third-order valence-electron chi connectivity index (χ3n) is 2.18. The Balaban J connectivity index is 2.19. The van der Waals surface area contributed by atoms with Crippen molar-refractivity contribution in [3.05, 3.63) is 0 Å². The molecule has 72 valence electrons. The van der Waals surface area contributed by atoms with Crippen molar-refractivity contribution in [3.8, 4) is 0 Å². The Labute approximate surface area is 77.4 Å². The summed E-state index contributed by atoms with van der Waals surface area (Å²) in [6.45, 7) is 3.87. The van der Waals surface area contributed by atoms with Gasteiger partial charge in [-0.2, -0.15) is 0 Å². The lowest BCUT2D eigenvalue weighted by Crippen LogP contribution is -2.39. The molecule has 2 N–H and O–H groups in total. The maximum absolute atomic E-state index is 11.5. The highest BCUT2D eigenvalue weighted by Gasteiger charge is 2.22. The van der Waals surface area contributed by atoms with Crippen LogP contribution < -0.4 is 5.73 Å². The lowest BCUT2D eigenvalue weighted by molar-refractivity contribution is 0.350. The molecule has 0 aliphatic heterocycles. The third-order valence-corrected chi connectivity index (χ3v) is 4.09. The van der Waals surface area contributed by atoms with E-state index in [0.717, 1.165) is 11.7 Å². The minimum Gasteiger partial charge on any atom is -0.325 e. The molecule has 1 aliphatic rings. The second-order valence-electron chi connectivity index (χ2n) is 4.54. The molecular formula is C9H19NOS. The summed E-state index contributed by atoms with van der Waals surface area (Å²) in [5.41, 5.74) is 5.51. The number of nitrogens with two attached hydrogens (primary N) is 1. The van der Waals surface area contributed by atoms with Gasteiger partial charge in [-0.1, -0.05) is 6.42 Å². The summed E-state index contributed by atoms with van der Waals surface area (Å²) < 4.78 is 11.5. The normalized spacial score (nSPS) is 21.9. The number of hydrogen-bond acceptors (Lipinski definition) is 2. The fourth-order valence-electron chi connectivity index (χ4n) is 1.40. The first kappa shape index (κ1) is 10.2. The van der Waals surface area contributed by atoms with Gasteiger partial charge < -0.3 is 5.73 Å². The summed E-state index contributed by atoms with van der Waals surface area (Å²) >= 11 is 0. The topological polar surface area (TPSA) is 43.1 Å². The van der Waals surface area contributed by atoms with Crippen LogP contribution in [0.25, 0.3) is 0 Å². The zero-order valence-electron chi connectivity index (χ0n) is 8.01. The Kier molecular flexibility index (Phi) is 3.29. The van der Waals surface area contributed by atoms with Crippen LogP contribution in [0, 0.1) is 5.92 Å². The molecule has 1 fully saturated rings. The van der Waals surface area contributed by atoms with Gasteiger partial charge in [0.05, 0.1) is 0 Å². The number of rotatable bonds is 4. The van der Waals surface area contributed by atoms with Crippen molar-refractivity contribution >= 4 is 10.8 Å². The minimum atomic E-state index is -0.693. The van der Waals surface area contributed by atoms with E-state index in [-0.39, 0.29) is 5.54 Å². The Morgan fingerprint density at radius 1 is 1.50 bits per heavy atom. The molecule has 0 amide bonds. The monoisotopic (exact) mass is 189 g/mol. The highest BCUT2D eigenvalue weighted by molar-refractivity contribution is 7.85. The molecule has 0 bridgehead atoms. The predicted molar refractivity (Wildman–Crippen MR) is 53.5 cm³/mol. The van der Waals surface area contributed by atoms with Gasteiger partial charge in [-0.15, -0.1) is 0 Å². The van der Waals surface area contributed by atoms with Crippen molar-refractivity contribution < 1.29 is 4.21 Å². The first-order valence-electron chi connectivity index (χ1n) is 4.61. The van der Waals surface area contributed by atoms with Crippen LogP contribution in [0.1, 0.15) is 33.1 Å². The maximum atomic E-state index is 11.5. The lowest BCUT2D eigenvalue weighted by atomic mass is 9.87. The second-order valence-corrected chi connectivity index (χ2v) is 6.04. The summed E-state index contributed by atoms with van der Waals surface area (Å²) in [4.78, 5) is 0. The molecule has 2 nitrogen and oxygen atoms in total. The Hall–Kier alpha value is 0.110. The van der Waals surface area contributed by atoms with Crippen LogP contribution in [0.3, 0.4) is 0 Å². The molecule has 0 saturated heterocycles. The first-order chi connectivity index (χ1) is 5.47. The highest BCUT2D eigenvalue weighted by atomic mass is 32.2. The van der Waals surface area contributed by atoms with Crippen molar-refractivity contribution in [2.75, 3.05) is 11.5 Å². The van der Waals surface area contributed by atoms with Crippen molar-refractivity contribution in [2.24, 2.45) is 11.7 Å². The average molecular weight is 189 g/mol. The molecule has 0 spiro atoms. The molecule has 0 aromatic carbocycles. The smallest absolute Gasteiger partial charge is 0.0410 e. The average Bonchev–Trinajstić information content (AvgIpc) is 1.74. The van der Waals surface area contributed by atoms with Gasteiger partial charge in [-0.25, -0.2) is 0 Å².